The summed E-state index contributed by atoms with van der Waals surface area (Å²) >= 11 is 4.44. The molecule has 3 aromatic carbocycles. The highest BCUT2D eigenvalue weighted by Gasteiger charge is 2.13. The van der Waals surface area contributed by atoms with Crippen LogP contribution in [-0.4, -0.2) is 37.1 Å². The van der Waals surface area contributed by atoms with E-state index < -0.39 is 0 Å². The van der Waals surface area contributed by atoms with Gasteiger partial charge in [0, 0.05) is 30.1 Å². The third kappa shape index (κ3) is 5.28. The number of carbonyl (C=O) groups is 1. The number of rotatable bonds is 5. The number of thiol groups is 1. The van der Waals surface area contributed by atoms with Crippen molar-refractivity contribution in [2.45, 2.75) is 18.4 Å². The zero-order valence-corrected chi connectivity index (χ0v) is 18.5. The van der Waals surface area contributed by atoms with Crippen molar-refractivity contribution in [3.63, 3.8) is 0 Å². The lowest BCUT2D eigenvalue weighted by Gasteiger charge is -2.26. The van der Waals surface area contributed by atoms with E-state index in [1.165, 1.54) is 5.56 Å². The van der Waals surface area contributed by atoms with Crippen molar-refractivity contribution in [1.82, 2.24) is 4.90 Å². The topological polar surface area (TPSA) is 67.6 Å². The minimum Gasteiger partial charge on any atom is -0.397 e. The van der Waals surface area contributed by atoms with Crippen LogP contribution in [0.3, 0.4) is 0 Å². The first kappa shape index (κ1) is 21.4. The molecule has 0 radical (unpaired) electrons. The predicted molar refractivity (Wildman–Crippen MR) is 129 cm³/mol. The van der Waals surface area contributed by atoms with Gasteiger partial charge in [-0.25, -0.2) is 0 Å². The van der Waals surface area contributed by atoms with Crippen molar-refractivity contribution >= 4 is 29.9 Å². The maximum atomic E-state index is 12.8. The van der Waals surface area contributed by atoms with Gasteiger partial charge in [0.1, 0.15) is 0 Å². The Hall–Kier alpha value is -2.80. The monoisotopic (exact) mass is 433 g/mol. The Balaban J connectivity index is 1.47. The molecule has 0 unspecified atom stereocenters. The quantitative estimate of drug-likeness (QED) is 0.406. The highest BCUT2D eigenvalue weighted by atomic mass is 32.1. The Bertz CT molecular complexity index is 1080. The molecular formula is C25H27N3O2S. The number of nitrogens with zero attached hydrogens (tertiary/aromatic N) is 1. The Morgan fingerprint density at radius 2 is 1.71 bits per heavy atom. The number of morpholine rings is 1. The zero-order chi connectivity index (χ0) is 21.8. The van der Waals surface area contributed by atoms with Gasteiger partial charge >= 0.3 is 0 Å². The summed E-state index contributed by atoms with van der Waals surface area (Å²) in [4.78, 5) is 16.1. The number of nitrogens with two attached hydrogens (primary N) is 1. The molecule has 0 aromatic heterocycles. The first-order valence-electron chi connectivity index (χ1n) is 10.4. The van der Waals surface area contributed by atoms with Gasteiger partial charge in [-0.3, -0.25) is 9.69 Å². The van der Waals surface area contributed by atoms with Crippen LogP contribution < -0.4 is 11.1 Å². The molecule has 0 atom stereocenters. The van der Waals surface area contributed by atoms with Crippen LogP contribution in [-0.2, 0) is 11.3 Å². The molecule has 6 heteroatoms. The normalized spacial score (nSPS) is 14.4. The average molecular weight is 434 g/mol. The minimum absolute atomic E-state index is 0.177. The molecule has 0 spiro atoms. The molecule has 0 bridgehead atoms. The number of nitrogen functional groups attached to an aromatic ring is 1. The van der Waals surface area contributed by atoms with E-state index in [-0.39, 0.29) is 5.91 Å². The third-order valence-corrected chi connectivity index (χ3v) is 6.06. The Labute approximate surface area is 188 Å². The molecule has 3 N–H and O–H groups in total. The van der Waals surface area contributed by atoms with Gasteiger partial charge in [-0.05, 0) is 59.5 Å². The number of aryl methyl sites for hydroxylation is 1. The molecule has 3 aromatic rings. The Morgan fingerprint density at radius 3 is 2.42 bits per heavy atom. The fourth-order valence-electron chi connectivity index (χ4n) is 3.65. The zero-order valence-electron chi connectivity index (χ0n) is 17.6. The summed E-state index contributed by atoms with van der Waals surface area (Å²) in [6.45, 7) is 6.32. The van der Waals surface area contributed by atoms with Crippen LogP contribution in [0.2, 0.25) is 0 Å². The molecule has 1 saturated heterocycles. The average Bonchev–Trinajstić information content (AvgIpc) is 2.78. The van der Waals surface area contributed by atoms with E-state index in [4.69, 9.17) is 10.5 Å². The van der Waals surface area contributed by atoms with Gasteiger partial charge in [0.15, 0.2) is 0 Å². The molecule has 1 aliphatic heterocycles. The van der Waals surface area contributed by atoms with E-state index in [9.17, 15) is 4.79 Å². The van der Waals surface area contributed by atoms with Crippen LogP contribution in [0.15, 0.2) is 65.6 Å². The molecular weight excluding hydrogens is 406 g/mol. The maximum absolute atomic E-state index is 12.8. The van der Waals surface area contributed by atoms with E-state index in [0.29, 0.717) is 16.9 Å². The van der Waals surface area contributed by atoms with Crippen LogP contribution in [0.25, 0.3) is 11.1 Å². The van der Waals surface area contributed by atoms with Gasteiger partial charge in [-0.15, -0.1) is 12.6 Å². The summed E-state index contributed by atoms with van der Waals surface area (Å²) in [6, 6.07) is 19.5. The van der Waals surface area contributed by atoms with Crippen molar-refractivity contribution in [3.05, 3.63) is 77.4 Å². The number of ether oxygens (including phenoxy) is 1. The van der Waals surface area contributed by atoms with E-state index in [2.05, 4.69) is 28.9 Å². The molecule has 1 heterocycles. The standard InChI is InChI=1S/C25H27N3O2S/c1-17-14-20(7-9-24(17)31)21-6-8-22(26)23(15-21)27-25(29)19-4-2-18(3-5-19)16-28-10-12-30-13-11-28/h2-9,14-15,31H,10-13,16,26H2,1H3,(H,27,29). The van der Waals surface area contributed by atoms with E-state index in [0.717, 1.165) is 54.4 Å². The second-order valence-electron chi connectivity index (χ2n) is 7.84. The van der Waals surface area contributed by atoms with Gasteiger partial charge in [0.2, 0.25) is 0 Å². The highest BCUT2D eigenvalue weighted by Crippen LogP contribution is 2.29. The highest BCUT2D eigenvalue weighted by molar-refractivity contribution is 7.80. The van der Waals surface area contributed by atoms with Gasteiger partial charge < -0.3 is 15.8 Å². The predicted octanol–water partition coefficient (Wildman–Crippen LogP) is 4.62. The van der Waals surface area contributed by atoms with Crippen molar-refractivity contribution < 1.29 is 9.53 Å². The second kappa shape index (κ2) is 9.56. The van der Waals surface area contributed by atoms with E-state index in [1.807, 2.05) is 61.5 Å². The molecule has 0 saturated carbocycles. The number of hydrogen-bond donors (Lipinski definition) is 3. The number of nitrogens with one attached hydrogen (secondary N) is 1. The molecule has 1 aliphatic rings. The van der Waals surface area contributed by atoms with Gasteiger partial charge in [-0.1, -0.05) is 30.3 Å². The van der Waals surface area contributed by atoms with Gasteiger partial charge in [-0.2, -0.15) is 0 Å². The first-order valence-corrected chi connectivity index (χ1v) is 10.8. The van der Waals surface area contributed by atoms with Crippen molar-refractivity contribution in [2.75, 3.05) is 37.4 Å². The van der Waals surface area contributed by atoms with Crippen molar-refractivity contribution in [1.29, 1.82) is 0 Å². The Kier molecular flexibility index (Phi) is 6.61. The van der Waals surface area contributed by atoms with E-state index in [1.54, 1.807) is 0 Å². The van der Waals surface area contributed by atoms with Crippen LogP contribution in [0.4, 0.5) is 11.4 Å². The van der Waals surface area contributed by atoms with Crippen LogP contribution in [0, 0.1) is 6.92 Å². The number of hydrogen-bond acceptors (Lipinski definition) is 5. The SMILES string of the molecule is Cc1cc(-c2ccc(N)c(NC(=O)c3ccc(CN4CCOCC4)cc3)c2)ccc1S. The molecule has 160 valence electrons. The summed E-state index contributed by atoms with van der Waals surface area (Å²) in [5.41, 5.74) is 12.2. The molecule has 1 amide bonds. The number of benzene rings is 3. The number of carbonyl (C=O) groups excluding carboxylic acids is 1. The molecule has 5 nitrogen and oxygen atoms in total. The molecule has 4 rings (SSSR count). The van der Waals surface area contributed by atoms with E-state index >= 15 is 0 Å². The molecule has 1 fully saturated rings. The van der Waals surface area contributed by atoms with Gasteiger partial charge in [0.25, 0.3) is 5.91 Å². The summed E-state index contributed by atoms with van der Waals surface area (Å²) in [5.74, 6) is -0.177. The smallest absolute Gasteiger partial charge is 0.255 e. The third-order valence-electron chi connectivity index (χ3n) is 5.56. The number of amides is 1. The lowest BCUT2D eigenvalue weighted by molar-refractivity contribution is 0.0342. The fourth-order valence-corrected chi connectivity index (χ4v) is 3.79. The minimum atomic E-state index is -0.177. The first-order chi connectivity index (χ1) is 15.0. The van der Waals surface area contributed by atoms with Crippen LogP contribution in [0.5, 0.6) is 0 Å². The lowest BCUT2D eigenvalue weighted by atomic mass is 10.0. The second-order valence-corrected chi connectivity index (χ2v) is 8.32. The van der Waals surface area contributed by atoms with Crippen molar-refractivity contribution in [2.24, 2.45) is 0 Å². The summed E-state index contributed by atoms with van der Waals surface area (Å²) < 4.78 is 5.39. The maximum Gasteiger partial charge on any atom is 0.255 e. The lowest BCUT2D eigenvalue weighted by Crippen LogP contribution is -2.35. The summed E-state index contributed by atoms with van der Waals surface area (Å²) in [7, 11) is 0. The van der Waals surface area contributed by atoms with Crippen molar-refractivity contribution in [3.8, 4) is 11.1 Å². The number of anilines is 2. The van der Waals surface area contributed by atoms with Crippen LogP contribution in [0.1, 0.15) is 21.5 Å². The molecule has 31 heavy (non-hydrogen) atoms. The largest absolute Gasteiger partial charge is 0.397 e. The molecule has 0 aliphatic carbocycles. The van der Waals surface area contributed by atoms with Crippen LogP contribution >= 0.6 is 12.6 Å². The van der Waals surface area contributed by atoms with Gasteiger partial charge in [0.05, 0.1) is 24.6 Å². The fraction of sp³-hybridized carbons (Fsp3) is 0.240. The summed E-state index contributed by atoms with van der Waals surface area (Å²) in [5, 5.41) is 2.96. The summed E-state index contributed by atoms with van der Waals surface area (Å²) in [6.07, 6.45) is 0. The Morgan fingerprint density at radius 1 is 1.03 bits per heavy atom.